The number of benzene rings is 1. The second-order valence-electron chi connectivity index (χ2n) is 4.92. The van der Waals surface area contributed by atoms with Crippen LogP contribution in [0.25, 0.3) is 0 Å². The van der Waals surface area contributed by atoms with E-state index in [4.69, 9.17) is 0 Å². The van der Waals surface area contributed by atoms with Gasteiger partial charge in [-0.1, -0.05) is 6.92 Å². The zero-order chi connectivity index (χ0) is 13.2. The van der Waals surface area contributed by atoms with Gasteiger partial charge in [0, 0.05) is 16.4 Å². The molecule has 1 aromatic carbocycles. The number of hydrogen-bond acceptors (Lipinski definition) is 2. The molecule has 2 rings (SSSR count). The van der Waals surface area contributed by atoms with Crippen LogP contribution in [0.3, 0.4) is 0 Å². The van der Waals surface area contributed by atoms with Gasteiger partial charge in [-0.3, -0.25) is 0 Å². The van der Waals surface area contributed by atoms with Crippen molar-refractivity contribution in [2.75, 3.05) is 12.3 Å². The molecule has 0 aromatic heterocycles. The SMILES string of the molecule is CCNC(c1cc(F)ccc1F)C1(C)CCCS1. The summed E-state index contributed by atoms with van der Waals surface area (Å²) >= 11 is 1.85. The van der Waals surface area contributed by atoms with E-state index in [1.807, 2.05) is 18.7 Å². The second kappa shape index (κ2) is 5.57. The monoisotopic (exact) mass is 271 g/mol. The van der Waals surface area contributed by atoms with E-state index in [0.717, 1.165) is 25.1 Å². The average molecular weight is 271 g/mol. The lowest BCUT2D eigenvalue weighted by molar-refractivity contribution is 0.404. The lowest BCUT2D eigenvalue weighted by Crippen LogP contribution is -2.38. The molecule has 0 aliphatic carbocycles. The minimum absolute atomic E-state index is 0.0509. The highest BCUT2D eigenvalue weighted by Gasteiger charge is 2.39. The Hall–Kier alpha value is -0.610. The van der Waals surface area contributed by atoms with Crippen LogP contribution < -0.4 is 5.32 Å². The molecule has 18 heavy (non-hydrogen) atoms. The first-order valence-electron chi connectivity index (χ1n) is 6.39. The van der Waals surface area contributed by atoms with Crippen molar-refractivity contribution >= 4 is 11.8 Å². The van der Waals surface area contributed by atoms with Crippen LogP contribution in [0.5, 0.6) is 0 Å². The van der Waals surface area contributed by atoms with E-state index < -0.39 is 0 Å². The van der Waals surface area contributed by atoms with E-state index in [1.54, 1.807) is 0 Å². The zero-order valence-electron chi connectivity index (χ0n) is 10.8. The van der Waals surface area contributed by atoms with Gasteiger partial charge >= 0.3 is 0 Å². The minimum Gasteiger partial charge on any atom is -0.309 e. The second-order valence-corrected chi connectivity index (χ2v) is 6.55. The van der Waals surface area contributed by atoms with Crippen LogP contribution in [0.2, 0.25) is 0 Å². The van der Waals surface area contributed by atoms with Crippen molar-refractivity contribution in [2.45, 2.75) is 37.5 Å². The number of rotatable bonds is 4. The van der Waals surface area contributed by atoms with Gasteiger partial charge in [-0.05, 0) is 50.3 Å². The predicted octanol–water partition coefficient (Wildman–Crippen LogP) is 3.90. The summed E-state index contributed by atoms with van der Waals surface area (Å²) in [6, 6.07) is 3.59. The maximum Gasteiger partial charge on any atom is 0.128 e. The van der Waals surface area contributed by atoms with E-state index in [2.05, 4.69) is 12.2 Å². The maximum absolute atomic E-state index is 14.0. The quantitative estimate of drug-likeness (QED) is 0.891. The molecular weight excluding hydrogens is 252 g/mol. The van der Waals surface area contributed by atoms with Crippen molar-refractivity contribution in [2.24, 2.45) is 0 Å². The van der Waals surface area contributed by atoms with E-state index >= 15 is 0 Å². The van der Waals surface area contributed by atoms with Gasteiger partial charge in [0.1, 0.15) is 11.6 Å². The molecular formula is C14H19F2NS. The minimum atomic E-state index is -0.374. The van der Waals surface area contributed by atoms with Gasteiger partial charge in [0.15, 0.2) is 0 Å². The Morgan fingerprint density at radius 1 is 1.44 bits per heavy atom. The highest BCUT2D eigenvalue weighted by molar-refractivity contribution is 8.00. The van der Waals surface area contributed by atoms with Crippen molar-refractivity contribution in [3.63, 3.8) is 0 Å². The molecule has 4 heteroatoms. The van der Waals surface area contributed by atoms with Gasteiger partial charge in [0.2, 0.25) is 0 Å². The Morgan fingerprint density at radius 3 is 2.83 bits per heavy atom. The molecule has 0 bridgehead atoms. The number of halogens is 2. The molecule has 1 saturated heterocycles. The van der Waals surface area contributed by atoms with Crippen LogP contribution in [-0.2, 0) is 0 Å². The highest BCUT2D eigenvalue weighted by atomic mass is 32.2. The lowest BCUT2D eigenvalue weighted by Gasteiger charge is -2.34. The van der Waals surface area contributed by atoms with Crippen LogP contribution in [0.1, 0.15) is 38.3 Å². The Morgan fingerprint density at radius 2 is 2.22 bits per heavy atom. The van der Waals surface area contributed by atoms with Crippen molar-refractivity contribution in [1.82, 2.24) is 5.32 Å². The Kier molecular flexibility index (Phi) is 4.28. The smallest absolute Gasteiger partial charge is 0.128 e. The first kappa shape index (κ1) is 13.8. The molecule has 0 spiro atoms. The fourth-order valence-electron chi connectivity index (χ4n) is 2.62. The first-order chi connectivity index (χ1) is 8.57. The standard InChI is InChI=1S/C14H19F2NS/c1-3-17-13(14(2)7-4-8-18-14)11-9-10(15)5-6-12(11)16/h5-6,9,13,17H,3-4,7-8H2,1-2H3. The number of hydrogen-bond donors (Lipinski definition) is 1. The molecule has 1 aliphatic rings. The Balaban J connectivity index is 2.37. The Bertz CT molecular complexity index is 416. The number of nitrogens with one attached hydrogen (secondary N) is 1. The molecule has 1 fully saturated rings. The van der Waals surface area contributed by atoms with Gasteiger partial charge in [0.05, 0.1) is 0 Å². The molecule has 0 radical (unpaired) electrons. The fraction of sp³-hybridized carbons (Fsp3) is 0.571. The molecule has 1 heterocycles. The van der Waals surface area contributed by atoms with Crippen LogP contribution in [0, 0.1) is 11.6 Å². The van der Waals surface area contributed by atoms with E-state index in [0.29, 0.717) is 5.56 Å². The zero-order valence-corrected chi connectivity index (χ0v) is 11.6. The Labute approximate surface area is 111 Å². The van der Waals surface area contributed by atoms with E-state index in [-0.39, 0.29) is 22.4 Å². The van der Waals surface area contributed by atoms with Gasteiger partial charge < -0.3 is 5.32 Å². The third kappa shape index (κ3) is 2.69. The van der Waals surface area contributed by atoms with Gasteiger partial charge in [0.25, 0.3) is 0 Å². The summed E-state index contributed by atoms with van der Waals surface area (Å²) in [6.45, 7) is 4.88. The third-order valence-electron chi connectivity index (χ3n) is 3.54. The summed E-state index contributed by atoms with van der Waals surface area (Å²) in [4.78, 5) is 0. The topological polar surface area (TPSA) is 12.0 Å². The highest BCUT2D eigenvalue weighted by Crippen LogP contribution is 2.47. The maximum atomic E-state index is 14.0. The van der Waals surface area contributed by atoms with Gasteiger partial charge in [-0.15, -0.1) is 0 Å². The summed E-state index contributed by atoms with van der Waals surface area (Å²) in [5, 5.41) is 3.32. The summed E-state index contributed by atoms with van der Waals surface area (Å²) < 4.78 is 27.3. The third-order valence-corrected chi connectivity index (χ3v) is 5.13. The molecule has 2 atom stereocenters. The van der Waals surface area contributed by atoms with Crippen LogP contribution in [0.15, 0.2) is 18.2 Å². The molecule has 1 aromatic rings. The lowest BCUT2D eigenvalue weighted by atomic mass is 9.90. The van der Waals surface area contributed by atoms with Gasteiger partial charge in [-0.25, -0.2) is 8.78 Å². The van der Waals surface area contributed by atoms with Crippen LogP contribution in [0.4, 0.5) is 8.78 Å². The van der Waals surface area contributed by atoms with Crippen LogP contribution in [-0.4, -0.2) is 17.0 Å². The van der Waals surface area contributed by atoms with Gasteiger partial charge in [-0.2, -0.15) is 11.8 Å². The van der Waals surface area contributed by atoms with Crippen molar-refractivity contribution in [3.8, 4) is 0 Å². The van der Waals surface area contributed by atoms with Crippen molar-refractivity contribution in [3.05, 3.63) is 35.4 Å². The van der Waals surface area contributed by atoms with Crippen LogP contribution >= 0.6 is 11.8 Å². The molecule has 0 saturated carbocycles. The van der Waals surface area contributed by atoms with Crippen molar-refractivity contribution in [1.29, 1.82) is 0 Å². The number of thioether (sulfide) groups is 1. The predicted molar refractivity (Wildman–Crippen MR) is 72.9 cm³/mol. The summed E-state index contributed by atoms with van der Waals surface area (Å²) in [5.74, 6) is 0.395. The average Bonchev–Trinajstić information content (AvgIpc) is 2.77. The van der Waals surface area contributed by atoms with E-state index in [9.17, 15) is 8.78 Å². The molecule has 1 aliphatic heterocycles. The normalized spacial score (nSPS) is 25.3. The first-order valence-corrected chi connectivity index (χ1v) is 7.37. The molecule has 1 nitrogen and oxygen atoms in total. The largest absolute Gasteiger partial charge is 0.309 e. The summed E-state index contributed by atoms with van der Waals surface area (Å²) in [6.07, 6.45) is 2.17. The van der Waals surface area contributed by atoms with Crippen molar-refractivity contribution < 1.29 is 8.78 Å². The molecule has 1 N–H and O–H groups in total. The molecule has 2 unspecified atom stereocenters. The fourth-order valence-corrected chi connectivity index (χ4v) is 4.04. The molecule has 100 valence electrons. The summed E-state index contributed by atoms with van der Waals surface area (Å²) in [7, 11) is 0. The molecule has 0 amide bonds. The van der Waals surface area contributed by atoms with E-state index in [1.165, 1.54) is 18.2 Å². The summed E-state index contributed by atoms with van der Waals surface area (Å²) in [5.41, 5.74) is 0.453.